The first kappa shape index (κ1) is 18.2. The fourth-order valence-electron chi connectivity index (χ4n) is 1.77. The number of benzene rings is 1. The van der Waals surface area contributed by atoms with Gasteiger partial charge in [0.1, 0.15) is 5.03 Å². The summed E-state index contributed by atoms with van der Waals surface area (Å²) in [5.41, 5.74) is 11.3. The molecule has 1 atom stereocenters. The van der Waals surface area contributed by atoms with E-state index in [1.165, 1.54) is 21.6 Å². The molecule has 1 aromatic heterocycles. The second-order valence-electron chi connectivity index (χ2n) is 4.78. The molecule has 4 N–H and O–H groups in total. The summed E-state index contributed by atoms with van der Waals surface area (Å²) in [6.07, 6.45) is 2.33. The summed E-state index contributed by atoms with van der Waals surface area (Å²) < 4.78 is 0. The van der Waals surface area contributed by atoms with Crippen molar-refractivity contribution in [2.45, 2.75) is 23.6 Å². The quantitative estimate of drug-likeness (QED) is 0.415. The minimum absolute atomic E-state index is 0.270. The van der Waals surface area contributed by atoms with Crippen molar-refractivity contribution >= 4 is 39.1 Å². The Morgan fingerprint density at radius 1 is 1.17 bits per heavy atom. The van der Waals surface area contributed by atoms with Crippen LogP contribution in [-0.2, 0) is 4.79 Å². The van der Waals surface area contributed by atoms with E-state index in [1.54, 1.807) is 30.5 Å². The van der Waals surface area contributed by atoms with Crippen molar-refractivity contribution in [1.29, 1.82) is 0 Å². The van der Waals surface area contributed by atoms with Crippen molar-refractivity contribution in [3.63, 3.8) is 0 Å². The minimum Gasteiger partial charge on any atom is -0.398 e. The van der Waals surface area contributed by atoms with Crippen LogP contribution >= 0.6 is 21.6 Å². The van der Waals surface area contributed by atoms with Crippen molar-refractivity contribution in [2.24, 2.45) is 0 Å². The molecule has 8 heteroatoms. The number of carbonyl (C=O) groups is 2. The van der Waals surface area contributed by atoms with Crippen LogP contribution in [0, 0.1) is 0 Å². The standard InChI is InChI=1S/C16H18N4O2S2/c1-2-13(23-24-14-9-5-6-10-18-14)16(22)20-19-15(21)11-7-3-4-8-12(11)17/h3-10,13H,2,17H2,1H3,(H,19,21)(H,20,22). The van der Waals surface area contributed by atoms with Crippen LogP contribution in [0.25, 0.3) is 0 Å². The number of aromatic nitrogens is 1. The maximum Gasteiger partial charge on any atom is 0.271 e. The van der Waals surface area contributed by atoms with Crippen molar-refractivity contribution in [3.8, 4) is 0 Å². The van der Waals surface area contributed by atoms with E-state index in [9.17, 15) is 9.59 Å². The Morgan fingerprint density at radius 3 is 2.58 bits per heavy atom. The lowest BCUT2D eigenvalue weighted by Gasteiger charge is -2.14. The number of hydrogen-bond acceptors (Lipinski definition) is 6. The number of nitrogens with one attached hydrogen (secondary N) is 2. The number of anilines is 1. The number of nitrogens with zero attached hydrogens (tertiary/aromatic N) is 1. The van der Waals surface area contributed by atoms with E-state index in [4.69, 9.17) is 5.73 Å². The first-order chi connectivity index (χ1) is 11.6. The summed E-state index contributed by atoms with van der Waals surface area (Å²) in [6.45, 7) is 1.91. The number of amides is 2. The van der Waals surface area contributed by atoms with Gasteiger partial charge >= 0.3 is 0 Å². The molecule has 0 radical (unpaired) electrons. The normalized spacial score (nSPS) is 11.5. The number of hydrogen-bond donors (Lipinski definition) is 3. The van der Waals surface area contributed by atoms with Gasteiger partial charge in [-0.25, -0.2) is 4.98 Å². The fraction of sp³-hybridized carbons (Fsp3) is 0.188. The maximum atomic E-state index is 12.2. The van der Waals surface area contributed by atoms with Gasteiger partial charge in [0.05, 0.1) is 10.8 Å². The summed E-state index contributed by atoms with van der Waals surface area (Å²) in [5.74, 6) is -0.715. The molecule has 1 aromatic carbocycles. The molecular weight excluding hydrogens is 344 g/mol. The topological polar surface area (TPSA) is 97.1 Å². The van der Waals surface area contributed by atoms with E-state index < -0.39 is 5.91 Å². The zero-order valence-electron chi connectivity index (χ0n) is 13.1. The van der Waals surface area contributed by atoms with Crippen molar-refractivity contribution in [2.75, 3.05) is 5.73 Å². The molecule has 0 aliphatic rings. The highest BCUT2D eigenvalue weighted by molar-refractivity contribution is 8.77. The molecule has 1 heterocycles. The van der Waals surface area contributed by atoms with Crippen LogP contribution < -0.4 is 16.6 Å². The molecule has 0 fully saturated rings. The lowest BCUT2D eigenvalue weighted by atomic mass is 10.2. The Bertz CT molecular complexity index is 697. The van der Waals surface area contributed by atoms with Gasteiger partial charge < -0.3 is 5.73 Å². The van der Waals surface area contributed by atoms with Crippen LogP contribution in [0.1, 0.15) is 23.7 Å². The van der Waals surface area contributed by atoms with E-state index in [0.29, 0.717) is 17.7 Å². The number of nitrogens with two attached hydrogens (primary N) is 1. The lowest BCUT2D eigenvalue weighted by molar-refractivity contribution is -0.121. The number of carbonyl (C=O) groups excluding carboxylic acids is 2. The van der Waals surface area contributed by atoms with Crippen LogP contribution in [0.2, 0.25) is 0 Å². The van der Waals surface area contributed by atoms with Crippen LogP contribution in [-0.4, -0.2) is 22.0 Å². The second kappa shape index (κ2) is 9.19. The SMILES string of the molecule is CCC(SSc1ccccn1)C(=O)NNC(=O)c1ccccc1N. The molecule has 2 amide bonds. The third-order valence-electron chi connectivity index (χ3n) is 3.06. The van der Waals surface area contributed by atoms with E-state index in [2.05, 4.69) is 15.8 Å². The van der Waals surface area contributed by atoms with Gasteiger partial charge in [0, 0.05) is 11.9 Å². The number of hydrazine groups is 1. The van der Waals surface area contributed by atoms with Gasteiger partial charge in [-0.1, -0.05) is 35.9 Å². The Labute approximate surface area is 148 Å². The number of nitrogen functional groups attached to an aromatic ring is 1. The Morgan fingerprint density at radius 2 is 1.92 bits per heavy atom. The van der Waals surface area contributed by atoms with Crippen LogP contribution in [0.5, 0.6) is 0 Å². The van der Waals surface area contributed by atoms with Crippen molar-refractivity contribution in [3.05, 3.63) is 54.2 Å². The zero-order chi connectivity index (χ0) is 17.4. The van der Waals surface area contributed by atoms with Crippen LogP contribution in [0.15, 0.2) is 53.7 Å². The molecule has 0 saturated heterocycles. The van der Waals surface area contributed by atoms with Crippen LogP contribution in [0.4, 0.5) is 5.69 Å². The first-order valence-corrected chi connectivity index (χ1v) is 9.52. The van der Waals surface area contributed by atoms with Crippen molar-refractivity contribution < 1.29 is 9.59 Å². The molecule has 2 aromatic rings. The summed E-state index contributed by atoms with van der Waals surface area (Å²) in [7, 11) is 2.83. The molecule has 1 unspecified atom stereocenters. The van der Waals surface area contributed by atoms with E-state index in [1.807, 2.05) is 25.1 Å². The second-order valence-corrected chi connectivity index (χ2v) is 7.20. The summed E-state index contributed by atoms with van der Waals surface area (Å²) in [6, 6.07) is 12.3. The van der Waals surface area contributed by atoms with Crippen molar-refractivity contribution in [1.82, 2.24) is 15.8 Å². The molecule has 0 bridgehead atoms. The third-order valence-corrected chi connectivity index (χ3v) is 5.84. The summed E-state index contributed by atoms with van der Waals surface area (Å²) in [5, 5.41) is 0.514. The smallest absolute Gasteiger partial charge is 0.271 e. The Balaban J connectivity index is 1.85. The fourth-order valence-corrected chi connectivity index (χ4v) is 4.12. The lowest BCUT2D eigenvalue weighted by Crippen LogP contribution is -2.45. The van der Waals surface area contributed by atoms with Gasteiger partial charge in [0.15, 0.2) is 0 Å². The van der Waals surface area contributed by atoms with Gasteiger partial charge in [0.2, 0.25) is 0 Å². The number of pyridine rings is 1. The molecule has 2 rings (SSSR count). The monoisotopic (exact) mass is 362 g/mol. The van der Waals surface area contributed by atoms with Gasteiger partial charge in [-0.05, 0) is 41.5 Å². The predicted octanol–water partition coefficient (Wildman–Crippen LogP) is 2.64. The van der Waals surface area contributed by atoms with E-state index >= 15 is 0 Å². The highest BCUT2D eigenvalue weighted by atomic mass is 33.1. The molecule has 6 nitrogen and oxygen atoms in total. The minimum atomic E-state index is -0.446. The van der Waals surface area contributed by atoms with Gasteiger partial charge in [-0.15, -0.1) is 0 Å². The maximum absolute atomic E-state index is 12.2. The summed E-state index contributed by atoms with van der Waals surface area (Å²) in [4.78, 5) is 28.4. The summed E-state index contributed by atoms with van der Waals surface area (Å²) >= 11 is 0. The van der Waals surface area contributed by atoms with Gasteiger partial charge in [-0.3, -0.25) is 20.4 Å². The Hall–Kier alpha value is -2.19. The molecule has 24 heavy (non-hydrogen) atoms. The molecule has 0 saturated carbocycles. The zero-order valence-corrected chi connectivity index (χ0v) is 14.7. The predicted molar refractivity (Wildman–Crippen MR) is 98.2 cm³/mol. The first-order valence-electron chi connectivity index (χ1n) is 7.31. The van der Waals surface area contributed by atoms with Gasteiger partial charge in [0.25, 0.3) is 11.8 Å². The number of rotatable bonds is 6. The van der Waals surface area contributed by atoms with Gasteiger partial charge in [-0.2, -0.15) is 0 Å². The highest BCUT2D eigenvalue weighted by Gasteiger charge is 2.19. The average Bonchev–Trinajstić information content (AvgIpc) is 2.61. The Kier molecular flexibility index (Phi) is 6.95. The van der Waals surface area contributed by atoms with Crippen LogP contribution in [0.3, 0.4) is 0 Å². The molecule has 0 spiro atoms. The largest absolute Gasteiger partial charge is 0.398 e. The molecule has 126 valence electrons. The molecule has 0 aliphatic heterocycles. The van der Waals surface area contributed by atoms with E-state index in [-0.39, 0.29) is 11.2 Å². The van der Waals surface area contributed by atoms with E-state index in [0.717, 1.165) is 5.03 Å². The number of para-hydroxylation sites is 1. The third kappa shape index (κ3) is 5.17. The highest BCUT2D eigenvalue weighted by Crippen LogP contribution is 2.34. The average molecular weight is 362 g/mol. The molecule has 0 aliphatic carbocycles. The molecular formula is C16H18N4O2S2.